The van der Waals surface area contributed by atoms with Gasteiger partial charge in [0.15, 0.2) is 5.16 Å². The number of nitrogens with one attached hydrogen (secondary N) is 1. The van der Waals surface area contributed by atoms with Crippen LogP contribution in [0.25, 0.3) is 16.5 Å². The average Bonchev–Trinajstić information content (AvgIpc) is 3.13. The molecule has 4 rings (SSSR count). The Labute approximate surface area is 186 Å². The lowest BCUT2D eigenvalue weighted by atomic mass is 10.00. The van der Waals surface area contributed by atoms with Crippen molar-refractivity contribution in [3.8, 4) is 5.69 Å². The Morgan fingerprint density at radius 2 is 1.81 bits per heavy atom. The number of fused-ring (bicyclic) bond motifs is 1. The minimum absolute atomic E-state index is 0.0291. The van der Waals surface area contributed by atoms with Gasteiger partial charge in [-0.1, -0.05) is 66.4 Å². The highest BCUT2D eigenvalue weighted by atomic mass is 32.2. The third-order valence-corrected chi connectivity index (χ3v) is 6.33. The molecular weight excluding hydrogens is 404 g/mol. The Bertz CT molecular complexity index is 1240. The van der Waals surface area contributed by atoms with Crippen molar-refractivity contribution in [1.82, 2.24) is 20.1 Å². The van der Waals surface area contributed by atoms with Gasteiger partial charge in [0.05, 0.1) is 17.5 Å². The van der Waals surface area contributed by atoms with Gasteiger partial charge in [-0.2, -0.15) is 0 Å². The predicted molar refractivity (Wildman–Crippen MR) is 127 cm³/mol. The number of amides is 1. The van der Waals surface area contributed by atoms with Crippen LogP contribution in [0.3, 0.4) is 0 Å². The molecule has 0 aliphatic heterocycles. The third-order valence-electron chi connectivity index (χ3n) is 5.40. The van der Waals surface area contributed by atoms with Crippen LogP contribution < -0.4 is 5.32 Å². The van der Waals surface area contributed by atoms with E-state index in [-0.39, 0.29) is 17.7 Å². The van der Waals surface area contributed by atoms with E-state index >= 15 is 0 Å². The van der Waals surface area contributed by atoms with Crippen LogP contribution in [0.1, 0.15) is 35.5 Å². The van der Waals surface area contributed by atoms with Gasteiger partial charge in [0.2, 0.25) is 5.91 Å². The fourth-order valence-electron chi connectivity index (χ4n) is 3.79. The molecule has 0 spiro atoms. The molecular formula is C25H26N4OS. The number of nitrogens with zero attached hydrogens (tertiary/aromatic N) is 3. The largest absolute Gasteiger partial charge is 0.349 e. The van der Waals surface area contributed by atoms with Crippen LogP contribution in [-0.2, 0) is 4.79 Å². The lowest BCUT2D eigenvalue weighted by molar-refractivity contribution is -0.119. The second kappa shape index (κ2) is 8.94. The van der Waals surface area contributed by atoms with Crippen LogP contribution >= 0.6 is 11.8 Å². The van der Waals surface area contributed by atoms with E-state index in [0.717, 1.165) is 33.2 Å². The first kappa shape index (κ1) is 21.1. The van der Waals surface area contributed by atoms with Gasteiger partial charge in [-0.25, -0.2) is 0 Å². The summed E-state index contributed by atoms with van der Waals surface area (Å²) in [6.07, 6.45) is 0. The van der Waals surface area contributed by atoms with Crippen molar-refractivity contribution in [3.63, 3.8) is 0 Å². The number of hydrogen-bond donors (Lipinski definition) is 1. The number of hydrogen-bond acceptors (Lipinski definition) is 4. The standard InChI is InChI=1S/C25H26N4OS/c1-16-12-13-17(2)23(14-16)29-19(4)27-28-25(29)31-15-24(30)26-18(3)21-11-7-9-20-8-5-6-10-22(20)21/h5-14,18H,15H2,1-4H3,(H,26,30). The lowest BCUT2D eigenvalue weighted by Gasteiger charge is -2.17. The van der Waals surface area contributed by atoms with Crippen molar-refractivity contribution in [3.05, 3.63) is 83.2 Å². The number of benzene rings is 3. The Kier molecular flexibility index (Phi) is 6.09. The van der Waals surface area contributed by atoms with E-state index in [1.807, 2.05) is 36.6 Å². The molecule has 4 aromatic rings. The minimum atomic E-state index is -0.0853. The van der Waals surface area contributed by atoms with Gasteiger partial charge in [0.1, 0.15) is 5.82 Å². The summed E-state index contributed by atoms with van der Waals surface area (Å²) in [5.74, 6) is 1.05. The first-order valence-electron chi connectivity index (χ1n) is 10.3. The summed E-state index contributed by atoms with van der Waals surface area (Å²) in [5, 5.41) is 14.7. The lowest BCUT2D eigenvalue weighted by Crippen LogP contribution is -2.28. The van der Waals surface area contributed by atoms with Crippen molar-refractivity contribution in [2.75, 3.05) is 5.75 Å². The number of rotatable bonds is 6. The first-order valence-corrected chi connectivity index (χ1v) is 11.3. The summed E-state index contributed by atoms with van der Waals surface area (Å²) in [4.78, 5) is 12.7. The topological polar surface area (TPSA) is 59.8 Å². The van der Waals surface area contributed by atoms with E-state index in [2.05, 4.69) is 71.8 Å². The maximum atomic E-state index is 12.7. The van der Waals surface area contributed by atoms with Crippen LogP contribution in [0.2, 0.25) is 0 Å². The summed E-state index contributed by atoms with van der Waals surface area (Å²) in [7, 11) is 0. The molecule has 0 bridgehead atoms. The first-order chi connectivity index (χ1) is 14.9. The zero-order valence-electron chi connectivity index (χ0n) is 18.2. The van der Waals surface area contributed by atoms with Crippen molar-refractivity contribution in [2.24, 2.45) is 0 Å². The smallest absolute Gasteiger partial charge is 0.230 e. The number of aromatic nitrogens is 3. The second-order valence-electron chi connectivity index (χ2n) is 7.80. The van der Waals surface area contributed by atoms with E-state index in [9.17, 15) is 4.79 Å². The third kappa shape index (κ3) is 4.49. The van der Waals surface area contributed by atoms with E-state index in [1.54, 1.807) is 0 Å². The molecule has 1 amide bonds. The minimum Gasteiger partial charge on any atom is -0.349 e. The monoisotopic (exact) mass is 430 g/mol. The highest BCUT2D eigenvalue weighted by Crippen LogP contribution is 2.26. The van der Waals surface area contributed by atoms with Crippen LogP contribution in [0.15, 0.2) is 65.8 Å². The molecule has 1 heterocycles. The second-order valence-corrected chi connectivity index (χ2v) is 8.74. The van der Waals surface area contributed by atoms with Gasteiger partial charge in [-0.05, 0) is 61.2 Å². The van der Waals surface area contributed by atoms with Gasteiger partial charge in [-0.15, -0.1) is 10.2 Å². The fourth-order valence-corrected chi connectivity index (χ4v) is 4.59. The zero-order chi connectivity index (χ0) is 22.0. The van der Waals surface area contributed by atoms with Gasteiger partial charge in [-0.3, -0.25) is 9.36 Å². The van der Waals surface area contributed by atoms with Crippen molar-refractivity contribution >= 4 is 28.4 Å². The average molecular weight is 431 g/mol. The SMILES string of the molecule is Cc1ccc(C)c(-n2c(C)nnc2SCC(=O)NC(C)c2cccc3ccccc23)c1. The number of carbonyl (C=O) groups excluding carboxylic acids is 1. The number of carbonyl (C=O) groups is 1. The molecule has 1 atom stereocenters. The molecule has 1 aromatic heterocycles. The van der Waals surface area contributed by atoms with Crippen LogP contribution in [0.5, 0.6) is 0 Å². The molecule has 0 saturated heterocycles. The summed E-state index contributed by atoms with van der Waals surface area (Å²) >= 11 is 1.40. The maximum absolute atomic E-state index is 12.7. The molecule has 0 saturated carbocycles. The normalized spacial score (nSPS) is 12.1. The summed E-state index contributed by atoms with van der Waals surface area (Å²) in [6.45, 7) is 8.09. The molecule has 0 radical (unpaired) electrons. The van der Waals surface area contributed by atoms with Gasteiger partial charge in [0.25, 0.3) is 0 Å². The van der Waals surface area contributed by atoms with E-state index in [0.29, 0.717) is 0 Å². The molecule has 1 unspecified atom stereocenters. The summed E-state index contributed by atoms with van der Waals surface area (Å²) in [5.41, 5.74) is 4.48. The number of aryl methyl sites for hydroxylation is 3. The predicted octanol–water partition coefficient (Wildman–Crippen LogP) is 5.32. The van der Waals surface area contributed by atoms with Crippen LogP contribution in [0, 0.1) is 20.8 Å². The van der Waals surface area contributed by atoms with E-state index in [4.69, 9.17) is 0 Å². The van der Waals surface area contributed by atoms with Gasteiger partial charge >= 0.3 is 0 Å². The van der Waals surface area contributed by atoms with Crippen molar-refractivity contribution in [2.45, 2.75) is 38.9 Å². The molecule has 158 valence electrons. The molecule has 0 aliphatic rings. The Balaban J connectivity index is 1.48. The molecule has 1 N–H and O–H groups in total. The zero-order valence-corrected chi connectivity index (χ0v) is 19.0. The van der Waals surface area contributed by atoms with E-state index < -0.39 is 0 Å². The summed E-state index contributed by atoms with van der Waals surface area (Å²) < 4.78 is 2.02. The molecule has 0 fully saturated rings. The molecule has 0 aliphatic carbocycles. The van der Waals surface area contributed by atoms with E-state index in [1.165, 1.54) is 22.7 Å². The Morgan fingerprint density at radius 1 is 1.03 bits per heavy atom. The maximum Gasteiger partial charge on any atom is 0.230 e. The molecule has 6 heteroatoms. The molecule has 31 heavy (non-hydrogen) atoms. The fraction of sp³-hybridized carbons (Fsp3) is 0.240. The number of thioether (sulfide) groups is 1. The van der Waals surface area contributed by atoms with Crippen molar-refractivity contribution in [1.29, 1.82) is 0 Å². The van der Waals surface area contributed by atoms with Crippen LogP contribution in [-0.4, -0.2) is 26.4 Å². The van der Waals surface area contributed by atoms with Crippen LogP contribution in [0.4, 0.5) is 0 Å². The van der Waals surface area contributed by atoms with Gasteiger partial charge < -0.3 is 5.32 Å². The highest BCUT2D eigenvalue weighted by molar-refractivity contribution is 7.99. The molecule has 3 aromatic carbocycles. The molecule has 5 nitrogen and oxygen atoms in total. The van der Waals surface area contributed by atoms with Crippen molar-refractivity contribution < 1.29 is 4.79 Å². The van der Waals surface area contributed by atoms with Gasteiger partial charge in [0, 0.05) is 0 Å². The summed E-state index contributed by atoms with van der Waals surface area (Å²) in [6, 6.07) is 20.7. The highest BCUT2D eigenvalue weighted by Gasteiger charge is 2.17. The Morgan fingerprint density at radius 3 is 2.65 bits per heavy atom. The Hall–Kier alpha value is -3.12. The quantitative estimate of drug-likeness (QED) is 0.421.